The first-order chi connectivity index (χ1) is 8.36. The van der Waals surface area contributed by atoms with Crippen molar-refractivity contribution in [3.05, 3.63) is 59.9 Å². The lowest BCUT2D eigenvalue weighted by atomic mass is 10.2. The van der Waals surface area contributed by atoms with Gasteiger partial charge in [0.15, 0.2) is 0 Å². The molecule has 0 aliphatic rings. The average Bonchev–Trinajstić information content (AvgIpc) is 2.89. The van der Waals surface area contributed by atoms with Gasteiger partial charge in [-0.1, -0.05) is 30.3 Å². The molecule has 1 atom stereocenters. The summed E-state index contributed by atoms with van der Waals surface area (Å²) in [5.41, 5.74) is 2.00. The van der Waals surface area contributed by atoms with Crippen molar-refractivity contribution in [3.63, 3.8) is 0 Å². The van der Waals surface area contributed by atoms with Crippen LogP contribution < -0.4 is 0 Å². The van der Waals surface area contributed by atoms with Gasteiger partial charge in [0, 0.05) is 24.9 Å². The third-order valence-electron chi connectivity index (χ3n) is 2.63. The van der Waals surface area contributed by atoms with Crippen molar-refractivity contribution in [2.24, 2.45) is 0 Å². The molecule has 90 valence electrons. The lowest BCUT2D eigenvalue weighted by Gasteiger charge is -2.09. The fraction of sp³-hybridized carbons (Fsp3) is 0.286. The minimum absolute atomic E-state index is 0.472. The highest BCUT2D eigenvalue weighted by Crippen LogP contribution is 2.14. The molecule has 2 aromatic rings. The Morgan fingerprint density at radius 3 is 2.65 bits per heavy atom. The lowest BCUT2D eigenvalue weighted by molar-refractivity contribution is 0.0719. The topological polar surface area (TPSA) is 45.2 Å². The van der Waals surface area contributed by atoms with E-state index in [0.717, 1.165) is 11.3 Å². The van der Waals surface area contributed by atoms with Crippen molar-refractivity contribution in [2.45, 2.75) is 19.1 Å². The zero-order chi connectivity index (χ0) is 11.9. The van der Waals surface area contributed by atoms with Gasteiger partial charge in [-0.25, -0.2) is 0 Å². The zero-order valence-corrected chi connectivity index (χ0v) is 9.67. The minimum atomic E-state index is -0.472. The van der Waals surface area contributed by atoms with E-state index in [2.05, 4.69) is 4.98 Å². The van der Waals surface area contributed by atoms with Crippen molar-refractivity contribution >= 4 is 0 Å². The van der Waals surface area contributed by atoms with Gasteiger partial charge < -0.3 is 14.8 Å². The molecule has 2 rings (SSSR count). The Labute approximate surface area is 101 Å². The molecule has 3 heteroatoms. The van der Waals surface area contributed by atoms with Crippen LogP contribution in [0.5, 0.6) is 0 Å². The third-order valence-corrected chi connectivity index (χ3v) is 2.63. The highest BCUT2D eigenvalue weighted by atomic mass is 16.5. The number of nitrogens with one attached hydrogen (secondary N) is 1. The monoisotopic (exact) mass is 231 g/mol. The van der Waals surface area contributed by atoms with Crippen LogP contribution in [0, 0.1) is 0 Å². The summed E-state index contributed by atoms with van der Waals surface area (Å²) in [5, 5.41) is 9.80. The van der Waals surface area contributed by atoms with Crippen molar-refractivity contribution in [1.29, 1.82) is 0 Å². The molecular formula is C14H17NO2. The first-order valence-electron chi connectivity index (χ1n) is 5.79. The van der Waals surface area contributed by atoms with Crippen LogP contribution in [-0.4, -0.2) is 16.7 Å². The molecule has 1 aromatic carbocycles. The molecule has 17 heavy (non-hydrogen) atoms. The van der Waals surface area contributed by atoms with E-state index >= 15 is 0 Å². The molecule has 0 bridgehead atoms. The molecule has 0 amide bonds. The smallest absolute Gasteiger partial charge is 0.0959 e. The van der Waals surface area contributed by atoms with E-state index in [0.29, 0.717) is 19.6 Å². The predicted octanol–water partition coefficient (Wildman–Crippen LogP) is 2.66. The summed E-state index contributed by atoms with van der Waals surface area (Å²) in [4.78, 5) is 2.99. The fourth-order valence-electron chi connectivity index (χ4n) is 1.67. The van der Waals surface area contributed by atoms with Gasteiger partial charge in [-0.15, -0.1) is 0 Å². The van der Waals surface area contributed by atoms with E-state index in [-0.39, 0.29) is 0 Å². The summed E-state index contributed by atoms with van der Waals surface area (Å²) >= 11 is 0. The van der Waals surface area contributed by atoms with Crippen LogP contribution in [-0.2, 0) is 11.3 Å². The normalized spacial score (nSPS) is 12.5. The number of hydrogen-bond donors (Lipinski definition) is 2. The standard InChI is InChI=1S/C14H17NO2/c16-14(13-7-4-9-15-13)8-10-17-11-12-5-2-1-3-6-12/h1-7,9,14-16H,8,10-11H2. The van der Waals surface area contributed by atoms with Gasteiger partial charge in [0.2, 0.25) is 0 Å². The molecule has 1 heterocycles. The number of aliphatic hydroxyl groups is 1. The second kappa shape index (κ2) is 6.23. The van der Waals surface area contributed by atoms with Gasteiger partial charge in [-0.3, -0.25) is 0 Å². The maximum atomic E-state index is 9.80. The second-order valence-electron chi connectivity index (χ2n) is 3.97. The van der Waals surface area contributed by atoms with Crippen LogP contribution in [0.4, 0.5) is 0 Å². The maximum Gasteiger partial charge on any atom is 0.0959 e. The lowest BCUT2D eigenvalue weighted by Crippen LogP contribution is -2.03. The summed E-state index contributed by atoms with van der Waals surface area (Å²) < 4.78 is 5.51. The van der Waals surface area contributed by atoms with E-state index in [4.69, 9.17) is 4.74 Å². The molecule has 3 nitrogen and oxygen atoms in total. The van der Waals surface area contributed by atoms with Crippen LogP contribution in [0.3, 0.4) is 0 Å². The number of ether oxygens (including phenoxy) is 1. The molecule has 0 fully saturated rings. The van der Waals surface area contributed by atoms with E-state index in [1.54, 1.807) is 0 Å². The number of aliphatic hydroxyl groups excluding tert-OH is 1. The van der Waals surface area contributed by atoms with Gasteiger partial charge in [-0.05, 0) is 17.7 Å². The Bertz CT molecular complexity index is 411. The molecule has 2 N–H and O–H groups in total. The van der Waals surface area contributed by atoms with E-state index < -0.39 is 6.10 Å². The Hall–Kier alpha value is -1.58. The van der Waals surface area contributed by atoms with Crippen molar-refractivity contribution < 1.29 is 9.84 Å². The number of aromatic amines is 1. The summed E-state index contributed by atoms with van der Waals surface area (Å²) in [5.74, 6) is 0. The minimum Gasteiger partial charge on any atom is -0.387 e. The average molecular weight is 231 g/mol. The van der Waals surface area contributed by atoms with Gasteiger partial charge in [0.1, 0.15) is 0 Å². The highest BCUT2D eigenvalue weighted by Gasteiger charge is 2.07. The number of aromatic nitrogens is 1. The number of hydrogen-bond acceptors (Lipinski definition) is 2. The summed E-state index contributed by atoms with van der Waals surface area (Å²) in [6, 6.07) is 13.8. The summed E-state index contributed by atoms with van der Waals surface area (Å²) in [6.45, 7) is 1.15. The summed E-state index contributed by atoms with van der Waals surface area (Å²) in [6.07, 6.45) is 1.94. The SMILES string of the molecule is OC(CCOCc1ccccc1)c1ccc[nH]1. The molecule has 1 unspecified atom stereocenters. The Kier molecular flexibility index (Phi) is 4.36. The molecular weight excluding hydrogens is 214 g/mol. The molecule has 1 aromatic heterocycles. The van der Waals surface area contributed by atoms with Crippen molar-refractivity contribution in [2.75, 3.05) is 6.61 Å². The second-order valence-corrected chi connectivity index (χ2v) is 3.97. The van der Waals surface area contributed by atoms with E-state index in [1.807, 2.05) is 48.7 Å². The van der Waals surface area contributed by atoms with Crippen LogP contribution in [0.1, 0.15) is 23.8 Å². The van der Waals surface area contributed by atoms with Crippen LogP contribution >= 0.6 is 0 Å². The largest absolute Gasteiger partial charge is 0.387 e. The Morgan fingerprint density at radius 2 is 1.94 bits per heavy atom. The first-order valence-corrected chi connectivity index (χ1v) is 5.79. The van der Waals surface area contributed by atoms with Gasteiger partial charge in [0.05, 0.1) is 12.7 Å². The van der Waals surface area contributed by atoms with Gasteiger partial charge in [0.25, 0.3) is 0 Å². The first kappa shape index (κ1) is 11.9. The molecule has 0 saturated carbocycles. The van der Waals surface area contributed by atoms with Crippen LogP contribution in [0.15, 0.2) is 48.7 Å². The van der Waals surface area contributed by atoms with E-state index in [1.165, 1.54) is 0 Å². The van der Waals surface area contributed by atoms with Crippen LogP contribution in [0.25, 0.3) is 0 Å². The van der Waals surface area contributed by atoms with Gasteiger partial charge >= 0.3 is 0 Å². The van der Waals surface area contributed by atoms with E-state index in [9.17, 15) is 5.11 Å². The third kappa shape index (κ3) is 3.73. The quantitative estimate of drug-likeness (QED) is 0.751. The van der Waals surface area contributed by atoms with Gasteiger partial charge in [-0.2, -0.15) is 0 Å². The Balaban J connectivity index is 1.67. The zero-order valence-electron chi connectivity index (χ0n) is 9.67. The van der Waals surface area contributed by atoms with Crippen LogP contribution in [0.2, 0.25) is 0 Å². The maximum absolute atomic E-state index is 9.80. The number of rotatable bonds is 6. The molecule has 0 saturated heterocycles. The molecule has 0 spiro atoms. The molecule has 0 aliphatic heterocycles. The number of benzene rings is 1. The predicted molar refractivity (Wildman–Crippen MR) is 66.5 cm³/mol. The summed E-state index contributed by atoms with van der Waals surface area (Å²) in [7, 11) is 0. The molecule has 0 radical (unpaired) electrons. The fourth-order valence-corrected chi connectivity index (χ4v) is 1.67. The highest BCUT2D eigenvalue weighted by molar-refractivity contribution is 5.13. The van der Waals surface area contributed by atoms with Crippen molar-refractivity contribution in [1.82, 2.24) is 4.98 Å². The number of H-pyrrole nitrogens is 1. The van der Waals surface area contributed by atoms with Crippen molar-refractivity contribution in [3.8, 4) is 0 Å². The molecule has 0 aliphatic carbocycles. The Morgan fingerprint density at radius 1 is 1.12 bits per heavy atom.